The first-order valence-corrected chi connectivity index (χ1v) is 15.2. The van der Waals surface area contributed by atoms with Crippen LogP contribution in [0.25, 0.3) is 10.8 Å². The molecule has 0 aromatic heterocycles. The number of amides is 2. The number of rotatable bonds is 10. The average molecular weight is 664 g/mol. The predicted octanol–water partition coefficient (Wildman–Crippen LogP) is 7.44. The molecule has 5 nitrogen and oxygen atoms in total. The standard InChI is InChI=1S/C33H32Br2N2O3/c34-26-17-14-24(15-18-26)21-37(31(38)22-40-30-19-16-25-10-4-7-13-28(25)32(30)35)29(20-23-8-2-1-3-9-23)33(39)36-27-11-5-6-12-27/h1-4,7-10,13-19,27,29H,5-6,11-12,20-22H2,(H,36,39). The number of carbonyl (C=O) groups is 2. The van der Waals surface area contributed by atoms with E-state index < -0.39 is 6.04 Å². The number of nitrogens with one attached hydrogen (secondary N) is 1. The fourth-order valence-electron chi connectivity index (χ4n) is 5.26. The van der Waals surface area contributed by atoms with Crippen LogP contribution in [0.3, 0.4) is 0 Å². The van der Waals surface area contributed by atoms with Gasteiger partial charge in [-0.25, -0.2) is 0 Å². The van der Waals surface area contributed by atoms with Gasteiger partial charge in [0.15, 0.2) is 6.61 Å². The van der Waals surface area contributed by atoms with Crippen molar-refractivity contribution < 1.29 is 14.3 Å². The molecule has 206 valence electrons. The molecule has 4 aromatic rings. The molecular formula is C33H32Br2N2O3. The quantitative estimate of drug-likeness (QED) is 0.192. The van der Waals surface area contributed by atoms with Crippen LogP contribution < -0.4 is 10.1 Å². The van der Waals surface area contributed by atoms with Crippen molar-refractivity contribution in [2.24, 2.45) is 0 Å². The van der Waals surface area contributed by atoms with E-state index in [2.05, 4.69) is 37.2 Å². The van der Waals surface area contributed by atoms with E-state index >= 15 is 0 Å². The minimum Gasteiger partial charge on any atom is -0.483 e. The number of halogens is 2. The van der Waals surface area contributed by atoms with Crippen LogP contribution in [0.2, 0.25) is 0 Å². The van der Waals surface area contributed by atoms with Crippen LogP contribution in [0.5, 0.6) is 5.75 Å². The SMILES string of the molecule is O=C(NC1CCCC1)C(Cc1ccccc1)N(Cc1ccc(Br)cc1)C(=O)COc1ccc2ccccc2c1Br. The highest BCUT2D eigenvalue weighted by molar-refractivity contribution is 9.11. The van der Waals surface area contributed by atoms with Crippen LogP contribution in [0, 0.1) is 0 Å². The summed E-state index contributed by atoms with van der Waals surface area (Å²) >= 11 is 7.15. The molecule has 2 amide bonds. The Kier molecular flexibility index (Phi) is 9.55. The first-order chi connectivity index (χ1) is 19.5. The molecule has 0 bridgehead atoms. The van der Waals surface area contributed by atoms with Gasteiger partial charge in [0.1, 0.15) is 11.8 Å². The van der Waals surface area contributed by atoms with Crippen molar-refractivity contribution in [1.29, 1.82) is 0 Å². The smallest absolute Gasteiger partial charge is 0.261 e. The summed E-state index contributed by atoms with van der Waals surface area (Å²) in [5.74, 6) is 0.226. The molecule has 1 saturated carbocycles. The second-order valence-electron chi connectivity index (χ2n) is 10.2. The Hall–Kier alpha value is -3.16. The molecular weight excluding hydrogens is 632 g/mol. The van der Waals surface area contributed by atoms with Gasteiger partial charge in [0.2, 0.25) is 5.91 Å². The third-order valence-electron chi connectivity index (χ3n) is 7.42. The summed E-state index contributed by atoms with van der Waals surface area (Å²) in [6.07, 6.45) is 4.60. The molecule has 0 heterocycles. The molecule has 7 heteroatoms. The maximum absolute atomic E-state index is 13.9. The lowest BCUT2D eigenvalue weighted by atomic mass is 10.0. The zero-order valence-corrected chi connectivity index (χ0v) is 25.4. The summed E-state index contributed by atoms with van der Waals surface area (Å²) in [7, 11) is 0. The van der Waals surface area contributed by atoms with Crippen molar-refractivity contribution in [3.8, 4) is 5.75 Å². The highest BCUT2D eigenvalue weighted by Crippen LogP contribution is 2.33. The van der Waals surface area contributed by atoms with Crippen LogP contribution in [-0.4, -0.2) is 35.4 Å². The first-order valence-electron chi connectivity index (χ1n) is 13.7. The molecule has 1 unspecified atom stereocenters. The predicted molar refractivity (Wildman–Crippen MR) is 166 cm³/mol. The Morgan fingerprint density at radius 3 is 2.30 bits per heavy atom. The molecule has 1 atom stereocenters. The largest absolute Gasteiger partial charge is 0.483 e. The summed E-state index contributed by atoms with van der Waals surface area (Å²) in [6, 6.07) is 29.0. The molecule has 40 heavy (non-hydrogen) atoms. The van der Waals surface area contributed by atoms with Gasteiger partial charge >= 0.3 is 0 Å². The van der Waals surface area contributed by atoms with E-state index in [9.17, 15) is 9.59 Å². The lowest BCUT2D eigenvalue weighted by Crippen LogP contribution is -2.53. The number of benzene rings is 4. The minimum atomic E-state index is -0.678. The van der Waals surface area contributed by atoms with Gasteiger partial charge in [0.05, 0.1) is 4.47 Å². The van der Waals surface area contributed by atoms with Crippen LogP contribution in [-0.2, 0) is 22.6 Å². The summed E-state index contributed by atoms with van der Waals surface area (Å²) < 4.78 is 7.84. The van der Waals surface area contributed by atoms with Crippen molar-refractivity contribution in [2.75, 3.05) is 6.61 Å². The maximum atomic E-state index is 13.9. The van der Waals surface area contributed by atoms with E-state index in [0.717, 1.165) is 56.5 Å². The minimum absolute atomic E-state index is 0.117. The van der Waals surface area contributed by atoms with Gasteiger partial charge in [-0.2, -0.15) is 0 Å². The van der Waals surface area contributed by atoms with Crippen LogP contribution in [0.15, 0.2) is 99.9 Å². The Bertz CT molecular complexity index is 1450. The van der Waals surface area contributed by atoms with E-state index in [1.807, 2.05) is 91.0 Å². The molecule has 4 aromatic carbocycles. The summed E-state index contributed by atoms with van der Waals surface area (Å²) in [4.78, 5) is 29.4. The molecule has 1 N–H and O–H groups in total. The van der Waals surface area contributed by atoms with Crippen molar-refractivity contribution in [2.45, 2.75) is 50.7 Å². The molecule has 0 radical (unpaired) electrons. The molecule has 0 spiro atoms. The van der Waals surface area contributed by atoms with Gasteiger partial charge < -0.3 is 15.0 Å². The Morgan fingerprint density at radius 2 is 1.55 bits per heavy atom. The van der Waals surface area contributed by atoms with Crippen LogP contribution in [0.4, 0.5) is 0 Å². The lowest BCUT2D eigenvalue weighted by Gasteiger charge is -2.32. The van der Waals surface area contributed by atoms with Gasteiger partial charge in [-0.05, 0) is 68.9 Å². The van der Waals surface area contributed by atoms with Crippen LogP contribution in [0.1, 0.15) is 36.8 Å². The van der Waals surface area contributed by atoms with Gasteiger partial charge in [-0.15, -0.1) is 0 Å². The fourth-order valence-corrected chi connectivity index (χ4v) is 6.13. The molecule has 1 aliphatic rings. The zero-order valence-electron chi connectivity index (χ0n) is 22.2. The van der Waals surface area contributed by atoms with Crippen molar-refractivity contribution in [3.63, 3.8) is 0 Å². The lowest BCUT2D eigenvalue weighted by molar-refractivity contribution is -0.143. The van der Waals surface area contributed by atoms with Crippen LogP contribution >= 0.6 is 31.9 Å². The number of carbonyl (C=O) groups excluding carboxylic acids is 2. The molecule has 1 aliphatic carbocycles. The van der Waals surface area contributed by atoms with E-state index in [1.54, 1.807) is 4.90 Å². The van der Waals surface area contributed by atoms with Crippen molar-refractivity contribution >= 4 is 54.4 Å². The Balaban J connectivity index is 1.43. The Labute approximate surface area is 252 Å². The highest BCUT2D eigenvalue weighted by atomic mass is 79.9. The van der Waals surface area contributed by atoms with Gasteiger partial charge in [-0.1, -0.05) is 102 Å². The molecule has 0 aliphatic heterocycles. The third kappa shape index (κ3) is 7.12. The fraction of sp³-hybridized carbons (Fsp3) is 0.273. The first kappa shape index (κ1) is 28.4. The maximum Gasteiger partial charge on any atom is 0.261 e. The second kappa shape index (κ2) is 13.5. The zero-order chi connectivity index (χ0) is 27.9. The van der Waals surface area contributed by atoms with Gasteiger partial charge in [0, 0.05) is 23.5 Å². The number of nitrogens with zero attached hydrogens (tertiary/aromatic N) is 1. The summed E-state index contributed by atoms with van der Waals surface area (Å²) in [6.45, 7) is 0.111. The third-order valence-corrected chi connectivity index (χ3v) is 8.76. The second-order valence-corrected chi connectivity index (χ2v) is 11.9. The van der Waals surface area contributed by atoms with Gasteiger partial charge in [0.25, 0.3) is 5.91 Å². The summed E-state index contributed by atoms with van der Waals surface area (Å²) in [5.41, 5.74) is 1.94. The Morgan fingerprint density at radius 1 is 0.850 bits per heavy atom. The summed E-state index contributed by atoms with van der Waals surface area (Å²) in [5, 5.41) is 5.34. The van der Waals surface area contributed by atoms with E-state index in [-0.39, 0.29) is 24.5 Å². The number of ether oxygens (including phenoxy) is 1. The topological polar surface area (TPSA) is 58.6 Å². The monoisotopic (exact) mass is 662 g/mol. The van der Waals surface area contributed by atoms with E-state index in [0.29, 0.717) is 18.7 Å². The van der Waals surface area contributed by atoms with Crippen molar-refractivity contribution in [1.82, 2.24) is 10.2 Å². The highest BCUT2D eigenvalue weighted by Gasteiger charge is 2.32. The normalized spacial score (nSPS) is 14.2. The molecule has 1 fully saturated rings. The molecule has 0 saturated heterocycles. The van der Waals surface area contributed by atoms with E-state index in [1.165, 1.54) is 0 Å². The number of fused-ring (bicyclic) bond motifs is 1. The number of hydrogen-bond acceptors (Lipinski definition) is 3. The van der Waals surface area contributed by atoms with E-state index in [4.69, 9.17) is 4.74 Å². The van der Waals surface area contributed by atoms with Gasteiger partial charge in [-0.3, -0.25) is 9.59 Å². The number of hydrogen-bond donors (Lipinski definition) is 1. The average Bonchev–Trinajstić information content (AvgIpc) is 3.49. The van der Waals surface area contributed by atoms with Crippen molar-refractivity contribution in [3.05, 3.63) is 111 Å². The molecule has 5 rings (SSSR count).